The number of hydrogen-bond acceptors (Lipinski definition) is 3. The SMILES string of the molecule is Cc1sc2nc(-c3ccc4c(c3)CCCC4)c(CN)n2c1C. The molecule has 2 heterocycles. The highest BCUT2D eigenvalue weighted by molar-refractivity contribution is 7.17. The predicted molar refractivity (Wildman–Crippen MR) is 92.5 cm³/mol. The summed E-state index contributed by atoms with van der Waals surface area (Å²) >= 11 is 1.75. The van der Waals surface area contributed by atoms with Crippen LogP contribution in [0.2, 0.25) is 0 Å². The molecular weight excluding hydrogens is 290 g/mol. The third-order valence-electron chi connectivity index (χ3n) is 4.85. The van der Waals surface area contributed by atoms with Gasteiger partial charge in [-0.2, -0.15) is 0 Å². The smallest absolute Gasteiger partial charge is 0.194 e. The van der Waals surface area contributed by atoms with Crippen molar-refractivity contribution in [2.24, 2.45) is 5.73 Å². The van der Waals surface area contributed by atoms with Gasteiger partial charge in [0.05, 0.1) is 11.4 Å². The van der Waals surface area contributed by atoms with Crippen molar-refractivity contribution in [1.82, 2.24) is 9.38 Å². The summed E-state index contributed by atoms with van der Waals surface area (Å²) in [6.45, 7) is 4.81. The molecule has 0 saturated heterocycles. The molecule has 22 heavy (non-hydrogen) atoms. The number of nitrogens with zero attached hydrogens (tertiary/aromatic N) is 2. The lowest BCUT2D eigenvalue weighted by molar-refractivity contribution is 0.686. The predicted octanol–water partition coefficient (Wildman–Crippen LogP) is 4.02. The van der Waals surface area contributed by atoms with Crippen LogP contribution in [0.25, 0.3) is 16.2 Å². The Morgan fingerprint density at radius 3 is 2.73 bits per heavy atom. The van der Waals surface area contributed by atoms with Crippen LogP contribution in [0.3, 0.4) is 0 Å². The number of imidazole rings is 1. The second kappa shape index (κ2) is 5.21. The first-order valence-corrected chi connectivity index (χ1v) is 8.80. The average Bonchev–Trinajstić information content (AvgIpc) is 3.03. The number of thiazole rings is 1. The van der Waals surface area contributed by atoms with E-state index in [-0.39, 0.29) is 0 Å². The van der Waals surface area contributed by atoms with Crippen molar-refractivity contribution in [2.75, 3.05) is 0 Å². The molecule has 1 aliphatic rings. The van der Waals surface area contributed by atoms with E-state index in [9.17, 15) is 0 Å². The van der Waals surface area contributed by atoms with Crippen molar-refractivity contribution >= 4 is 16.3 Å². The van der Waals surface area contributed by atoms with Crippen molar-refractivity contribution < 1.29 is 0 Å². The standard InChI is InChI=1S/C18H21N3S/c1-11-12(2)22-18-20-17(16(10-19)21(11)18)15-8-7-13-5-3-4-6-14(13)9-15/h7-9H,3-6,10,19H2,1-2H3. The van der Waals surface area contributed by atoms with Crippen LogP contribution in [-0.4, -0.2) is 9.38 Å². The van der Waals surface area contributed by atoms with Gasteiger partial charge in [0.1, 0.15) is 0 Å². The maximum Gasteiger partial charge on any atom is 0.194 e. The molecule has 0 fully saturated rings. The Kier molecular flexibility index (Phi) is 3.31. The highest BCUT2D eigenvalue weighted by Gasteiger charge is 2.18. The number of hydrogen-bond donors (Lipinski definition) is 1. The van der Waals surface area contributed by atoms with E-state index in [0.29, 0.717) is 6.54 Å². The summed E-state index contributed by atoms with van der Waals surface area (Å²) in [6, 6.07) is 6.84. The van der Waals surface area contributed by atoms with Crippen LogP contribution in [0, 0.1) is 13.8 Å². The van der Waals surface area contributed by atoms with Gasteiger partial charge in [-0.1, -0.05) is 12.1 Å². The summed E-state index contributed by atoms with van der Waals surface area (Å²) in [6.07, 6.45) is 5.04. The van der Waals surface area contributed by atoms with E-state index < -0.39 is 0 Å². The molecule has 3 aromatic rings. The molecule has 3 nitrogen and oxygen atoms in total. The number of rotatable bonds is 2. The molecule has 0 saturated carbocycles. The van der Waals surface area contributed by atoms with Crippen LogP contribution in [0.5, 0.6) is 0 Å². The molecule has 114 valence electrons. The first kappa shape index (κ1) is 14.0. The Morgan fingerprint density at radius 2 is 1.95 bits per heavy atom. The fraction of sp³-hybridized carbons (Fsp3) is 0.389. The quantitative estimate of drug-likeness (QED) is 0.777. The normalized spacial score (nSPS) is 14.5. The van der Waals surface area contributed by atoms with Crippen LogP contribution in [-0.2, 0) is 19.4 Å². The molecule has 2 N–H and O–H groups in total. The Morgan fingerprint density at radius 1 is 1.18 bits per heavy atom. The van der Waals surface area contributed by atoms with Crippen molar-refractivity contribution in [3.05, 3.63) is 45.6 Å². The second-order valence-electron chi connectivity index (χ2n) is 6.16. The van der Waals surface area contributed by atoms with E-state index in [4.69, 9.17) is 10.7 Å². The summed E-state index contributed by atoms with van der Waals surface area (Å²) in [5, 5.41) is 0. The van der Waals surface area contributed by atoms with Crippen LogP contribution in [0.15, 0.2) is 18.2 Å². The average molecular weight is 311 g/mol. The molecule has 1 aliphatic carbocycles. The second-order valence-corrected chi connectivity index (χ2v) is 7.35. The van der Waals surface area contributed by atoms with Gasteiger partial charge in [0, 0.05) is 22.7 Å². The lowest BCUT2D eigenvalue weighted by Crippen LogP contribution is -2.05. The van der Waals surface area contributed by atoms with Gasteiger partial charge in [-0.15, -0.1) is 11.3 Å². The van der Waals surface area contributed by atoms with Gasteiger partial charge in [-0.25, -0.2) is 4.98 Å². The minimum absolute atomic E-state index is 0.518. The van der Waals surface area contributed by atoms with Gasteiger partial charge >= 0.3 is 0 Å². The first-order valence-electron chi connectivity index (χ1n) is 7.98. The maximum absolute atomic E-state index is 6.06. The van der Waals surface area contributed by atoms with Gasteiger partial charge in [0.2, 0.25) is 0 Å². The summed E-state index contributed by atoms with van der Waals surface area (Å²) < 4.78 is 2.23. The molecule has 1 aromatic carbocycles. The topological polar surface area (TPSA) is 43.3 Å². The molecule has 4 rings (SSSR count). The molecule has 4 heteroatoms. The molecule has 0 unspecified atom stereocenters. The Hall–Kier alpha value is -1.65. The zero-order chi connectivity index (χ0) is 15.3. The van der Waals surface area contributed by atoms with Crippen molar-refractivity contribution in [2.45, 2.75) is 46.1 Å². The lowest BCUT2D eigenvalue weighted by Gasteiger charge is -2.16. The first-order chi connectivity index (χ1) is 10.7. The van der Waals surface area contributed by atoms with E-state index in [2.05, 4.69) is 36.4 Å². The van der Waals surface area contributed by atoms with Gasteiger partial charge < -0.3 is 5.73 Å². The number of aromatic nitrogens is 2. The van der Waals surface area contributed by atoms with Gasteiger partial charge in [0.25, 0.3) is 0 Å². The minimum Gasteiger partial charge on any atom is -0.325 e. The van der Waals surface area contributed by atoms with Crippen LogP contribution in [0.4, 0.5) is 0 Å². The van der Waals surface area contributed by atoms with Gasteiger partial charge in [-0.3, -0.25) is 4.40 Å². The van der Waals surface area contributed by atoms with E-state index in [1.165, 1.54) is 52.9 Å². The van der Waals surface area contributed by atoms with E-state index >= 15 is 0 Å². The van der Waals surface area contributed by atoms with E-state index in [1.54, 1.807) is 11.3 Å². The highest BCUT2D eigenvalue weighted by atomic mass is 32.1. The fourth-order valence-electron chi connectivity index (χ4n) is 3.51. The number of fused-ring (bicyclic) bond motifs is 2. The number of aryl methyl sites for hydroxylation is 4. The largest absolute Gasteiger partial charge is 0.325 e. The van der Waals surface area contributed by atoms with Gasteiger partial charge in [-0.05, 0) is 56.7 Å². The molecule has 2 aromatic heterocycles. The third kappa shape index (κ3) is 2.02. The molecule has 0 radical (unpaired) electrons. The monoisotopic (exact) mass is 311 g/mol. The minimum atomic E-state index is 0.518. The Balaban J connectivity index is 1.90. The van der Waals surface area contributed by atoms with Crippen LogP contribution >= 0.6 is 11.3 Å². The highest BCUT2D eigenvalue weighted by Crippen LogP contribution is 2.32. The zero-order valence-corrected chi connectivity index (χ0v) is 14.0. The zero-order valence-electron chi connectivity index (χ0n) is 13.1. The fourth-order valence-corrected chi connectivity index (χ4v) is 4.50. The molecule has 0 spiro atoms. The summed E-state index contributed by atoms with van der Waals surface area (Å²) in [5.74, 6) is 0. The van der Waals surface area contributed by atoms with E-state index in [1.807, 2.05) is 0 Å². The molecular formula is C18H21N3S. The van der Waals surface area contributed by atoms with Crippen molar-refractivity contribution in [3.8, 4) is 11.3 Å². The summed E-state index contributed by atoms with van der Waals surface area (Å²) in [7, 11) is 0. The number of benzene rings is 1. The van der Waals surface area contributed by atoms with Crippen LogP contribution in [0.1, 0.15) is 40.2 Å². The third-order valence-corrected chi connectivity index (χ3v) is 5.90. The Bertz CT molecular complexity index is 857. The number of nitrogens with two attached hydrogens (primary N) is 1. The molecule has 0 bridgehead atoms. The van der Waals surface area contributed by atoms with Crippen molar-refractivity contribution in [3.63, 3.8) is 0 Å². The summed E-state index contributed by atoms with van der Waals surface area (Å²) in [4.78, 5) is 7.26. The van der Waals surface area contributed by atoms with Crippen LogP contribution < -0.4 is 5.73 Å². The Labute approximate surface area is 134 Å². The van der Waals surface area contributed by atoms with Crippen molar-refractivity contribution in [1.29, 1.82) is 0 Å². The molecule has 0 aliphatic heterocycles. The summed E-state index contributed by atoms with van der Waals surface area (Å²) in [5.41, 5.74) is 13.7. The lowest BCUT2D eigenvalue weighted by atomic mass is 9.90. The molecule has 0 amide bonds. The molecule has 0 atom stereocenters. The van der Waals surface area contributed by atoms with E-state index in [0.717, 1.165) is 16.3 Å². The van der Waals surface area contributed by atoms with Gasteiger partial charge in [0.15, 0.2) is 4.96 Å². The maximum atomic E-state index is 6.06.